The summed E-state index contributed by atoms with van der Waals surface area (Å²) in [5.41, 5.74) is 0.235. The predicted molar refractivity (Wildman–Crippen MR) is 88.4 cm³/mol. The summed E-state index contributed by atoms with van der Waals surface area (Å²) in [4.78, 5) is 14.0. The Morgan fingerprint density at radius 3 is 2.57 bits per heavy atom. The van der Waals surface area contributed by atoms with E-state index in [1.807, 2.05) is 7.05 Å². The van der Waals surface area contributed by atoms with E-state index in [2.05, 4.69) is 10.2 Å². The van der Waals surface area contributed by atoms with Crippen LogP contribution in [0.5, 0.6) is 0 Å². The summed E-state index contributed by atoms with van der Waals surface area (Å²) in [6, 6.07) is 6.44. The first-order valence-electron chi connectivity index (χ1n) is 8.39. The second-order valence-electron chi connectivity index (χ2n) is 6.68. The van der Waals surface area contributed by atoms with Gasteiger partial charge in [-0.1, -0.05) is 31.4 Å². The molecule has 1 saturated carbocycles. The summed E-state index contributed by atoms with van der Waals surface area (Å²) < 4.78 is 12.9. The fourth-order valence-corrected chi connectivity index (χ4v) is 3.11. The standard InChI is InChI=1S/C18H27FN2O2/c1-21(14-15-5-7-16(19)8-6-15)12-11-20-17(22)13-18(23)9-3-2-4-10-18/h5-8,23H,2-4,9-14H2,1H3,(H,20,22). The normalized spacial score (nSPS) is 17.2. The van der Waals surface area contributed by atoms with Crippen LogP contribution in [0.2, 0.25) is 0 Å². The van der Waals surface area contributed by atoms with E-state index in [4.69, 9.17) is 0 Å². The molecule has 1 fully saturated rings. The van der Waals surface area contributed by atoms with Gasteiger partial charge in [-0.3, -0.25) is 4.79 Å². The molecular formula is C18H27FN2O2. The van der Waals surface area contributed by atoms with Crippen LogP contribution in [0, 0.1) is 5.82 Å². The zero-order valence-electron chi connectivity index (χ0n) is 13.9. The highest BCUT2D eigenvalue weighted by molar-refractivity contribution is 5.77. The molecule has 128 valence electrons. The van der Waals surface area contributed by atoms with Gasteiger partial charge in [0.25, 0.3) is 0 Å². The van der Waals surface area contributed by atoms with Gasteiger partial charge in [0.05, 0.1) is 12.0 Å². The predicted octanol–water partition coefficient (Wildman–Crippen LogP) is 2.46. The lowest BCUT2D eigenvalue weighted by atomic mass is 9.82. The second-order valence-corrected chi connectivity index (χ2v) is 6.68. The lowest BCUT2D eigenvalue weighted by Crippen LogP contribution is -2.40. The highest BCUT2D eigenvalue weighted by atomic mass is 19.1. The number of amides is 1. The van der Waals surface area contributed by atoms with Crippen molar-refractivity contribution in [2.24, 2.45) is 0 Å². The monoisotopic (exact) mass is 322 g/mol. The van der Waals surface area contributed by atoms with Gasteiger partial charge >= 0.3 is 0 Å². The molecule has 0 bridgehead atoms. The molecule has 0 radical (unpaired) electrons. The van der Waals surface area contributed by atoms with E-state index in [0.717, 1.165) is 37.7 Å². The zero-order valence-corrected chi connectivity index (χ0v) is 13.9. The molecule has 1 aromatic rings. The van der Waals surface area contributed by atoms with Crippen LogP contribution in [0.3, 0.4) is 0 Å². The molecule has 23 heavy (non-hydrogen) atoms. The van der Waals surface area contributed by atoms with Crippen LogP contribution in [0.25, 0.3) is 0 Å². The number of likely N-dealkylation sites (N-methyl/N-ethyl adjacent to an activating group) is 1. The van der Waals surface area contributed by atoms with E-state index >= 15 is 0 Å². The Morgan fingerprint density at radius 1 is 1.26 bits per heavy atom. The van der Waals surface area contributed by atoms with E-state index in [1.165, 1.54) is 12.1 Å². The van der Waals surface area contributed by atoms with Gasteiger partial charge in [0.15, 0.2) is 0 Å². The molecule has 0 heterocycles. The minimum absolute atomic E-state index is 0.0791. The molecule has 5 heteroatoms. The number of carbonyl (C=O) groups is 1. The molecule has 1 aliphatic carbocycles. The first-order chi connectivity index (χ1) is 11.0. The van der Waals surface area contributed by atoms with Crippen molar-refractivity contribution >= 4 is 5.91 Å². The van der Waals surface area contributed by atoms with Crippen molar-refractivity contribution in [2.75, 3.05) is 20.1 Å². The fourth-order valence-electron chi connectivity index (χ4n) is 3.11. The number of halogens is 1. The van der Waals surface area contributed by atoms with E-state index in [1.54, 1.807) is 12.1 Å². The number of nitrogens with zero attached hydrogens (tertiary/aromatic N) is 1. The third-order valence-electron chi connectivity index (χ3n) is 4.46. The molecule has 4 nitrogen and oxygen atoms in total. The van der Waals surface area contributed by atoms with Gasteiger partial charge in [-0.2, -0.15) is 0 Å². The summed E-state index contributed by atoms with van der Waals surface area (Å²) in [5.74, 6) is -0.311. The SMILES string of the molecule is CN(CCNC(=O)CC1(O)CCCCC1)Cc1ccc(F)cc1. The molecule has 0 saturated heterocycles. The van der Waals surface area contributed by atoms with Crippen LogP contribution in [0.1, 0.15) is 44.1 Å². The van der Waals surface area contributed by atoms with Gasteiger partial charge in [-0.15, -0.1) is 0 Å². The highest BCUT2D eigenvalue weighted by Crippen LogP contribution is 2.30. The number of nitrogens with one attached hydrogen (secondary N) is 1. The summed E-state index contributed by atoms with van der Waals surface area (Å²) in [6.07, 6.45) is 4.82. The molecule has 1 aliphatic rings. The van der Waals surface area contributed by atoms with Crippen LogP contribution in [-0.2, 0) is 11.3 Å². The van der Waals surface area contributed by atoms with Gasteiger partial charge in [0.1, 0.15) is 5.82 Å². The Hall–Kier alpha value is -1.46. The van der Waals surface area contributed by atoms with Crippen LogP contribution in [-0.4, -0.2) is 41.7 Å². The Balaban J connectivity index is 1.65. The van der Waals surface area contributed by atoms with Crippen molar-refractivity contribution < 1.29 is 14.3 Å². The fraction of sp³-hybridized carbons (Fsp3) is 0.611. The summed E-state index contributed by atoms with van der Waals surface area (Å²) in [5, 5.41) is 13.2. The summed E-state index contributed by atoms with van der Waals surface area (Å²) in [6.45, 7) is 1.97. The third-order valence-corrected chi connectivity index (χ3v) is 4.46. The minimum atomic E-state index is -0.803. The quantitative estimate of drug-likeness (QED) is 0.811. The Bertz CT molecular complexity index is 498. The first-order valence-corrected chi connectivity index (χ1v) is 8.39. The minimum Gasteiger partial charge on any atom is -0.389 e. The van der Waals surface area contributed by atoms with Crippen LogP contribution in [0.4, 0.5) is 4.39 Å². The average molecular weight is 322 g/mol. The van der Waals surface area contributed by atoms with E-state index in [0.29, 0.717) is 19.6 Å². The van der Waals surface area contributed by atoms with Crippen molar-refractivity contribution in [1.82, 2.24) is 10.2 Å². The van der Waals surface area contributed by atoms with Crippen molar-refractivity contribution in [3.63, 3.8) is 0 Å². The van der Waals surface area contributed by atoms with Gasteiger partial charge in [0.2, 0.25) is 5.91 Å². The lowest BCUT2D eigenvalue weighted by Gasteiger charge is -2.31. The number of aliphatic hydroxyl groups is 1. The van der Waals surface area contributed by atoms with Gasteiger partial charge < -0.3 is 15.3 Å². The Kier molecular flexibility index (Phi) is 6.54. The molecule has 0 atom stereocenters. The molecule has 0 unspecified atom stereocenters. The molecule has 2 N–H and O–H groups in total. The molecule has 0 spiro atoms. The molecule has 2 rings (SSSR count). The smallest absolute Gasteiger partial charge is 0.222 e. The molecule has 0 aromatic heterocycles. The topological polar surface area (TPSA) is 52.6 Å². The Morgan fingerprint density at radius 2 is 1.91 bits per heavy atom. The number of hydrogen-bond acceptors (Lipinski definition) is 3. The van der Waals surface area contributed by atoms with E-state index in [-0.39, 0.29) is 18.1 Å². The van der Waals surface area contributed by atoms with Gasteiger partial charge in [-0.25, -0.2) is 4.39 Å². The van der Waals surface area contributed by atoms with Crippen LogP contribution in [0.15, 0.2) is 24.3 Å². The number of carbonyl (C=O) groups excluding carboxylic acids is 1. The van der Waals surface area contributed by atoms with Crippen molar-refractivity contribution in [3.05, 3.63) is 35.6 Å². The number of rotatable bonds is 7. The number of hydrogen-bond donors (Lipinski definition) is 2. The summed E-state index contributed by atoms with van der Waals surface area (Å²) >= 11 is 0. The maximum atomic E-state index is 12.9. The summed E-state index contributed by atoms with van der Waals surface area (Å²) in [7, 11) is 1.96. The second kappa shape index (κ2) is 8.41. The third kappa shape index (κ3) is 6.28. The van der Waals surface area contributed by atoms with Crippen LogP contribution < -0.4 is 5.32 Å². The molecule has 1 amide bonds. The highest BCUT2D eigenvalue weighted by Gasteiger charge is 2.31. The van der Waals surface area contributed by atoms with Crippen LogP contribution >= 0.6 is 0 Å². The molecular weight excluding hydrogens is 295 g/mol. The number of benzene rings is 1. The van der Waals surface area contributed by atoms with Gasteiger partial charge in [-0.05, 0) is 37.6 Å². The van der Waals surface area contributed by atoms with Gasteiger partial charge in [0, 0.05) is 19.6 Å². The first kappa shape index (κ1) is 17.9. The van der Waals surface area contributed by atoms with Crippen molar-refractivity contribution in [1.29, 1.82) is 0 Å². The lowest BCUT2D eigenvalue weighted by molar-refractivity contribution is -0.127. The van der Waals surface area contributed by atoms with Crippen molar-refractivity contribution in [2.45, 2.75) is 50.7 Å². The largest absolute Gasteiger partial charge is 0.389 e. The maximum absolute atomic E-state index is 12.9. The maximum Gasteiger partial charge on any atom is 0.222 e. The average Bonchev–Trinajstić information content (AvgIpc) is 2.50. The molecule has 1 aromatic carbocycles. The Labute approximate surface area is 137 Å². The van der Waals surface area contributed by atoms with Crippen molar-refractivity contribution in [3.8, 4) is 0 Å². The zero-order chi connectivity index (χ0) is 16.7. The van der Waals surface area contributed by atoms with E-state index in [9.17, 15) is 14.3 Å². The molecule has 0 aliphatic heterocycles. The van der Waals surface area contributed by atoms with E-state index < -0.39 is 5.60 Å².